The number of carbonyl (C=O) groups is 1. The zero-order valence-electron chi connectivity index (χ0n) is 12.3. The molecule has 2 rings (SSSR count). The number of thioether (sulfide) groups is 1. The fourth-order valence-electron chi connectivity index (χ4n) is 2.31. The maximum atomic E-state index is 11.9. The molecule has 1 amide bonds. The molecule has 0 unspecified atom stereocenters. The Hall–Kier alpha value is -1.14. The van der Waals surface area contributed by atoms with Crippen molar-refractivity contribution < 1.29 is 4.79 Å². The zero-order chi connectivity index (χ0) is 14.5. The highest BCUT2D eigenvalue weighted by molar-refractivity contribution is 7.99. The quantitative estimate of drug-likeness (QED) is 0.672. The first-order chi connectivity index (χ1) is 9.52. The maximum Gasteiger partial charge on any atom is 0.230 e. The van der Waals surface area contributed by atoms with E-state index in [1.54, 1.807) is 0 Å². The van der Waals surface area contributed by atoms with Gasteiger partial charge in [-0.25, -0.2) is 9.97 Å². The Kier molecular flexibility index (Phi) is 5.37. The van der Waals surface area contributed by atoms with Crippen molar-refractivity contribution >= 4 is 17.7 Å². The standard InChI is InChI=1S/C14H22N4OS/c1-10-8-11(2)16-14(15-10)20-9-13(19)17-12-4-6-18(3)7-5-12/h8,12H,4-7,9H2,1-3H3,(H,17,19). The van der Waals surface area contributed by atoms with Crippen molar-refractivity contribution in [2.45, 2.75) is 37.9 Å². The van der Waals surface area contributed by atoms with Gasteiger partial charge in [0.15, 0.2) is 5.16 Å². The minimum absolute atomic E-state index is 0.0762. The summed E-state index contributed by atoms with van der Waals surface area (Å²) in [4.78, 5) is 22.9. The zero-order valence-corrected chi connectivity index (χ0v) is 13.2. The van der Waals surface area contributed by atoms with Gasteiger partial charge in [0.2, 0.25) is 5.91 Å². The minimum Gasteiger partial charge on any atom is -0.353 e. The molecule has 1 aromatic heterocycles. The van der Waals surface area contributed by atoms with Crippen molar-refractivity contribution in [1.29, 1.82) is 0 Å². The van der Waals surface area contributed by atoms with Crippen LogP contribution in [0.3, 0.4) is 0 Å². The average Bonchev–Trinajstić information content (AvgIpc) is 2.38. The number of hydrogen-bond acceptors (Lipinski definition) is 5. The Balaban J connectivity index is 1.77. The molecule has 1 aliphatic heterocycles. The molecule has 1 aliphatic rings. The number of likely N-dealkylation sites (tertiary alicyclic amines) is 1. The van der Waals surface area contributed by atoms with Crippen LogP contribution in [0.2, 0.25) is 0 Å². The Morgan fingerprint density at radius 3 is 2.55 bits per heavy atom. The first-order valence-electron chi connectivity index (χ1n) is 6.96. The van der Waals surface area contributed by atoms with Crippen LogP contribution in [0.5, 0.6) is 0 Å². The molecule has 0 radical (unpaired) electrons. The average molecular weight is 294 g/mol. The maximum absolute atomic E-state index is 11.9. The van der Waals surface area contributed by atoms with E-state index in [1.165, 1.54) is 11.8 Å². The molecule has 0 bridgehead atoms. The molecular formula is C14H22N4OS. The van der Waals surface area contributed by atoms with Crippen molar-refractivity contribution in [2.75, 3.05) is 25.9 Å². The number of carbonyl (C=O) groups excluding carboxylic acids is 1. The van der Waals surface area contributed by atoms with Crippen LogP contribution in [-0.4, -0.2) is 52.7 Å². The summed E-state index contributed by atoms with van der Waals surface area (Å²) < 4.78 is 0. The van der Waals surface area contributed by atoms with Crippen molar-refractivity contribution in [1.82, 2.24) is 20.2 Å². The first-order valence-corrected chi connectivity index (χ1v) is 7.94. The van der Waals surface area contributed by atoms with E-state index in [0.29, 0.717) is 17.0 Å². The first kappa shape index (κ1) is 15.3. The van der Waals surface area contributed by atoms with Crippen LogP contribution < -0.4 is 5.32 Å². The number of rotatable bonds is 4. The van der Waals surface area contributed by atoms with E-state index in [-0.39, 0.29) is 5.91 Å². The third-order valence-corrected chi connectivity index (χ3v) is 4.23. The second-order valence-corrected chi connectivity index (χ2v) is 6.31. The third-order valence-electron chi connectivity index (χ3n) is 3.38. The number of amides is 1. The summed E-state index contributed by atoms with van der Waals surface area (Å²) in [5, 5.41) is 3.78. The van der Waals surface area contributed by atoms with Gasteiger partial charge in [0.25, 0.3) is 0 Å². The van der Waals surface area contributed by atoms with Crippen molar-refractivity contribution in [3.05, 3.63) is 17.5 Å². The Morgan fingerprint density at radius 2 is 1.95 bits per heavy atom. The van der Waals surface area contributed by atoms with Crippen molar-refractivity contribution in [2.24, 2.45) is 0 Å². The van der Waals surface area contributed by atoms with Gasteiger partial charge in [-0.1, -0.05) is 11.8 Å². The molecule has 20 heavy (non-hydrogen) atoms. The van der Waals surface area contributed by atoms with Gasteiger partial charge < -0.3 is 10.2 Å². The van der Waals surface area contributed by atoms with Gasteiger partial charge in [0, 0.05) is 17.4 Å². The van der Waals surface area contributed by atoms with Crippen LogP contribution in [0.15, 0.2) is 11.2 Å². The van der Waals surface area contributed by atoms with Gasteiger partial charge in [-0.05, 0) is 52.9 Å². The fourth-order valence-corrected chi connectivity index (χ4v) is 3.07. The van der Waals surface area contributed by atoms with Gasteiger partial charge in [-0.15, -0.1) is 0 Å². The van der Waals surface area contributed by atoms with Gasteiger partial charge in [-0.2, -0.15) is 0 Å². The second-order valence-electron chi connectivity index (χ2n) is 5.37. The predicted octanol–water partition coefficient (Wildman–Crippen LogP) is 1.40. The van der Waals surface area contributed by atoms with E-state index in [0.717, 1.165) is 37.3 Å². The van der Waals surface area contributed by atoms with Crippen molar-refractivity contribution in [3.8, 4) is 0 Å². The number of hydrogen-bond donors (Lipinski definition) is 1. The molecule has 0 saturated carbocycles. The number of aryl methyl sites for hydroxylation is 2. The number of nitrogens with zero attached hydrogens (tertiary/aromatic N) is 3. The molecule has 110 valence electrons. The third kappa shape index (κ3) is 4.76. The summed E-state index contributed by atoms with van der Waals surface area (Å²) in [6.45, 7) is 5.99. The Labute approximate surface area is 124 Å². The topological polar surface area (TPSA) is 58.1 Å². The number of nitrogens with one attached hydrogen (secondary N) is 1. The van der Waals surface area contributed by atoms with Crippen LogP contribution in [-0.2, 0) is 4.79 Å². The molecule has 2 heterocycles. The van der Waals surface area contributed by atoms with Gasteiger partial charge in [-0.3, -0.25) is 4.79 Å². The highest BCUT2D eigenvalue weighted by atomic mass is 32.2. The summed E-state index contributed by atoms with van der Waals surface area (Å²) in [5.74, 6) is 0.460. The molecule has 1 saturated heterocycles. The van der Waals surface area contributed by atoms with Gasteiger partial charge >= 0.3 is 0 Å². The molecule has 5 nitrogen and oxygen atoms in total. The highest BCUT2D eigenvalue weighted by Gasteiger charge is 2.18. The van der Waals surface area contributed by atoms with E-state index in [2.05, 4.69) is 27.2 Å². The Morgan fingerprint density at radius 1 is 1.35 bits per heavy atom. The van der Waals surface area contributed by atoms with Crippen LogP contribution in [0, 0.1) is 13.8 Å². The summed E-state index contributed by atoms with van der Waals surface area (Å²) in [7, 11) is 2.12. The highest BCUT2D eigenvalue weighted by Crippen LogP contribution is 2.14. The summed E-state index contributed by atoms with van der Waals surface area (Å²) in [5.41, 5.74) is 1.88. The van der Waals surface area contributed by atoms with E-state index in [4.69, 9.17) is 0 Å². The SMILES string of the molecule is Cc1cc(C)nc(SCC(=O)NC2CCN(C)CC2)n1. The molecule has 1 N–H and O–H groups in total. The smallest absolute Gasteiger partial charge is 0.230 e. The van der Waals surface area contributed by atoms with E-state index >= 15 is 0 Å². The summed E-state index contributed by atoms with van der Waals surface area (Å²) in [6, 6.07) is 2.25. The molecule has 0 aliphatic carbocycles. The lowest BCUT2D eigenvalue weighted by atomic mass is 10.1. The second kappa shape index (κ2) is 7.04. The van der Waals surface area contributed by atoms with Crippen LogP contribution in [0.1, 0.15) is 24.2 Å². The number of piperidine rings is 1. The molecule has 6 heteroatoms. The van der Waals surface area contributed by atoms with Crippen LogP contribution in [0.4, 0.5) is 0 Å². The lowest BCUT2D eigenvalue weighted by Crippen LogP contribution is -2.43. The molecular weight excluding hydrogens is 272 g/mol. The molecule has 0 spiro atoms. The summed E-state index contributed by atoms with van der Waals surface area (Å²) in [6.07, 6.45) is 2.07. The van der Waals surface area contributed by atoms with Crippen LogP contribution in [0.25, 0.3) is 0 Å². The molecule has 1 fully saturated rings. The monoisotopic (exact) mass is 294 g/mol. The predicted molar refractivity (Wildman–Crippen MR) is 80.9 cm³/mol. The van der Waals surface area contributed by atoms with E-state index in [9.17, 15) is 4.79 Å². The number of aromatic nitrogens is 2. The van der Waals surface area contributed by atoms with E-state index in [1.807, 2.05) is 19.9 Å². The normalized spacial score (nSPS) is 17.1. The van der Waals surface area contributed by atoms with Crippen molar-refractivity contribution in [3.63, 3.8) is 0 Å². The fraction of sp³-hybridized carbons (Fsp3) is 0.643. The van der Waals surface area contributed by atoms with Gasteiger partial charge in [0.05, 0.1) is 5.75 Å². The summed E-state index contributed by atoms with van der Waals surface area (Å²) >= 11 is 1.40. The van der Waals surface area contributed by atoms with E-state index < -0.39 is 0 Å². The lowest BCUT2D eigenvalue weighted by molar-refractivity contribution is -0.119. The molecule has 1 aromatic rings. The largest absolute Gasteiger partial charge is 0.353 e. The Bertz CT molecular complexity index is 452. The van der Waals surface area contributed by atoms with Crippen LogP contribution >= 0.6 is 11.8 Å². The molecule has 0 aromatic carbocycles. The molecule has 0 atom stereocenters. The van der Waals surface area contributed by atoms with Gasteiger partial charge in [0.1, 0.15) is 0 Å². The minimum atomic E-state index is 0.0762. The lowest BCUT2D eigenvalue weighted by Gasteiger charge is -2.29.